The maximum Gasteiger partial charge on any atom is 0.310 e. The molecule has 0 aliphatic carbocycles. The predicted octanol–water partition coefficient (Wildman–Crippen LogP) is 3.27. The number of anilines is 1. The Balaban J connectivity index is 2.86. The largest absolute Gasteiger partial charge is 0.506 e. The number of benzene rings is 1. The Labute approximate surface area is 122 Å². The number of phenols is 1. The number of halogens is 1. The minimum Gasteiger partial charge on any atom is -0.506 e. The highest BCUT2D eigenvalue weighted by molar-refractivity contribution is 6.31. The van der Waals surface area contributed by atoms with Gasteiger partial charge in [0, 0.05) is 11.4 Å². The van der Waals surface area contributed by atoms with E-state index in [4.69, 9.17) is 11.6 Å². The van der Waals surface area contributed by atoms with E-state index in [0.717, 1.165) is 0 Å². The fourth-order valence-corrected chi connectivity index (χ4v) is 2.16. The van der Waals surface area contributed by atoms with Crippen LogP contribution in [0.2, 0.25) is 5.02 Å². The molecule has 3 N–H and O–H groups in total. The zero-order chi connectivity index (χ0) is 15.3. The van der Waals surface area contributed by atoms with Gasteiger partial charge in [0.15, 0.2) is 0 Å². The molecule has 0 saturated heterocycles. The van der Waals surface area contributed by atoms with E-state index in [9.17, 15) is 19.8 Å². The van der Waals surface area contributed by atoms with E-state index >= 15 is 0 Å². The van der Waals surface area contributed by atoms with Crippen molar-refractivity contribution in [1.29, 1.82) is 0 Å². The summed E-state index contributed by atoms with van der Waals surface area (Å²) in [5.74, 6) is -1.57. The first-order valence-electron chi connectivity index (χ1n) is 6.36. The number of amides is 1. The highest BCUT2D eigenvalue weighted by Gasteiger charge is 2.37. The third-order valence-electron chi connectivity index (χ3n) is 3.54. The van der Waals surface area contributed by atoms with Gasteiger partial charge in [-0.05, 0) is 31.0 Å². The number of carbonyl (C=O) groups excluding carboxylic acids is 1. The van der Waals surface area contributed by atoms with Gasteiger partial charge >= 0.3 is 5.97 Å². The van der Waals surface area contributed by atoms with Crippen LogP contribution in [0.15, 0.2) is 18.2 Å². The summed E-state index contributed by atoms with van der Waals surface area (Å²) in [5, 5.41) is 21.8. The van der Waals surface area contributed by atoms with E-state index in [0.29, 0.717) is 17.9 Å². The number of carbonyl (C=O) groups is 2. The van der Waals surface area contributed by atoms with E-state index in [-0.39, 0.29) is 17.9 Å². The standard InChI is InChI=1S/C14H18ClNO4/c1-3-14(4-2,13(19)20)8-12(18)16-10-7-9(15)5-6-11(10)17/h5-7,17H,3-4,8H2,1-2H3,(H,16,18)(H,19,20). The lowest BCUT2D eigenvalue weighted by atomic mass is 9.79. The van der Waals surface area contributed by atoms with E-state index < -0.39 is 17.3 Å². The molecule has 110 valence electrons. The Hall–Kier alpha value is -1.75. The van der Waals surface area contributed by atoms with Crippen LogP contribution in [0.3, 0.4) is 0 Å². The van der Waals surface area contributed by atoms with Crippen LogP contribution in [0.25, 0.3) is 0 Å². The maximum absolute atomic E-state index is 12.0. The normalized spacial score (nSPS) is 11.2. The Bertz CT molecular complexity index is 512. The van der Waals surface area contributed by atoms with Crippen LogP contribution in [0.4, 0.5) is 5.69 Å². The number of nitrogens with one attached hydrogen (secondary N) is 1. The van der Waals surface area contributed by atoms with Crippen LogP contribution < -0.4 is 5.32 Å². The Kier molecular flexibility index (Phi) is 5.39. The molecule has 1 aromatic rings. The molecule has 1 aromatic carbocycles. The second-order valence-corrected chi connectivity index (χ2v) is 5.12. The lowest BCUT2D eigenvalue weighted by Gasteiger charge is -2.25. The molecule has 0 aliphatic heterocycles. The summed E-state index contributed by atoms with van der Waals surface area (Å²) in [6.07, 6.45) is 0.558. The van der Waals surface area contributed by atoms with E-state index in [1.165, 1.54) is 18.2 Å². The number of hydrogen-bond acceptors (Lipinski definition) is 3. The third-order valence-corrected chi connectivity index (χ3v) is 3.77. The molecule has 20 heavy (non-hydrogen) atoms. The van der Waals surface area contributed by atoms with Gasteiger partial charge in [-0.15, -0.1) is 0 Å². The van der Waals surface area contributed by atoms with Crippen molar-refractivity contribution in [2.24, 2.45) is 5.41 Å². The molecule has 0 heterocycles. The smallest absolute Gasteiger partial charge is 0.310 e. The topological polar surface area (TPSA) is 86.6 Å². The average Bonchev–Trinajstić information content (AvgIpc) is 2.40. The molecule has 0 fully saturated rings. The van der Waals surface area contributed by atoms with Gasteiger partial charge in [0.1, 0.15) is 5.75 Å². The first-order chi connectivity index (χ1) is 9.34. The minimum atomic E-state index is -1.09. The second-order valence-electron chi connectivity index (χ2n) is 4.68. The number of hydrogen-bond donors (Lipinski definition) is 3. The molecule has 0 bridgehead atoms. The molecule has 0 radical (unpaired) electrons. The Morgan fingerprint density at radius 1 is 1.30 bits per heavy atom. The van der Waals surface area contributed by atoms with Gasteiger partial charge in [0.2, 0.25) is 5.91 Å². The van der Waals surface area contributed by atoms with E-state index in [2.05, 4.69) is 5.32 Å². The van der Waals surface area contributed by atoms with Crippen molar-refractivity contribution in [2.75, 3.05) is 5.32 Å². The quantitative estimate of drug-likeness (QED) is 0.704. The van der Waals surface area contributed by atoms with Gasteiger partial charge in [0.05, 0.1) is 11.1 Å². The molecule has 1 rings (SSSR count). The molecule has 1 amide bonds. The lowest BCUT2D eigenvalue weighted by Crippen LogP contribution is -2.34. The van der Waals surface area contributed by atoms with Crippen LogP contribution in [0.5, 0.6) is 5.75 Å². The molecule has 0 aromatic heterocycles. The van der Waals surface area contributed by atoms with Crippen molar-refractivity contribution in [3.05, 3.63) is 23.2 Å². The van der Waals surface area contributed by atoms with Gasteiger partial charge in [-0.2, -0.15) is 0 Å². The van der Waals surface area contributed by atoms with Crippen LogP contribution in [0, 0.1) is 5.41 Å². The third kappa shape index (κ3) is 3.63. The molecule has 0 atom stereocenters. The average molecular weight is 300 g/mol. The van der Waals surface area contributed by atoms with Gasteiger partial charge in [-0.3, -0.25) is 9.59 Å². The van der Waals surface area contributed by atoms with Gasteiger partial charge < -0.3 is 15.5 Å². The monoisotopic (exact) mass is 299 g/mol. The van der Waals surface area contributed by atoms with Gasteiger partial charge in [-0.25, -0.2) is 0 Å². The zero-order valence-corrected chi connectivity index (χ0v) is 12.2. The molecule has 6 heteroatoms. The highest BCUT2D eigenvalue weighted by Crippen LogP contribution is 2.32. The van der Waals surface area contributed by atoms with Crippen molar-refractivity contribution in [2.45, 2.75) is 33.1 Å². The SMILES string of the molecule is CCC(CC)(CC(=O)Nc1cc(Cl)ccc1O)C(=O)O. The number of aliphatic carboxylic acids is 1. The van der Waals surface area contributed by atoms with E-state index in [1.54, 1.807) is 13.8 Å². The van der Waals surface area contributed by atoms with Crippen molar-refractivity contribution in [3.63, 3.8) is 0 Å². The summed E-state index contributed by atoms with van der Waals surface area (Å²) < 4.78 is 0. The number of carboxylic acid groups (broad SMARTS) is 1. The fraction of sp³-hybridized carbons (Fsp3) is 0.429. The lowest BCUT2D eigenvalue weighted by molar-refractivity contribution is -0.151. The van der Waals surface area contributed by atoms with Crippen LogP contribution in [0.1, 0.15) is 33.1 Å². The predicted molar refractivity (Wildman–Crippen MR) is 77.0 cm³/mol. The molecular weight excluding hydrogens is 282 g/mol. The van der Waals surface area contributed by atoms with Crippen molar-refractivity contribution in [3.8, 4) is 5.75 Å². The van der Waals surface area contributed by atoms with Crippen molar-refractivity contribution >= 4 is 29.2 Å². The number of rotatable bonds is 6. The van der Waals surface area contributed by atoms with Gasteiger partial charge in [-0.1, -0.05) is 25.4 Å². The Morgan fingerprint density at radius 3 is 2.40 bits per heavy atom. The second kappa shape index (κ2) is 6.61. The summed E-state index contributed by atoms with van der Waals surface area (Å²) in [6.45, 7) is 3.48. The molecule has 0 unspecified atom stereocenters. The van der Waals surface area contributed by atoms with Crippen LogP contribution in [-0.4, -0.2) is 22.1 Å². The minimum absolute atomic E-state index is 0.114. The summed E-state index contributed by atoms with van der Waals surface area (Å²) in [6, 6.07) is 4.27. The first-order valence-corrected chi connectivity index (χ1v) is 6.74. The molecule has 0 aliphatic rings. The molecule has 0 spiro atoms. The number of carboxylic acids is 1. The van der Waals surface area contributed by atoms with Crippen molar-refractivity contribution < 1.29 is 19.8 Å². The highest BCUT2D eigenvalue weighted by atomic mass is 35.5. The zero-order valence-electron chi connectivity index (χ0n) is 11.4. The summed E-state index contributed by atoms with van der Waals surface area (Å²) in [5.41, 5.74) is -0.910. The summed E-state index contributed by atoms with van der Waals surface area (Å²) in [4.78, 5) is 23.3. The maximum atomic E-state index is 12.0. The summed E-state index contributed by atoms with van der Waals surface area (Å²) >= 11 is 5.78. The van der Waals surface area contributed by atoms with Crippen molar-refractivity contribution in [1.82, 2.24) is 0 Å². The van der Waals surface area contributed by atoms with Crippen LogP contribution in [-0.2, 0) is 9.59 Å². The van der Waals surface area contributed by atoms with Crippen LogP contribution >= 0.6 is 11.6 Å². The number of phenolic OH excluding ortho intramolecular Hbond substituents is 1. The molecular formula is C14H18ClNO4. The summed E-state index contributed by atoms with van der Waals surface area (Å²) in [7, 11) is 0. The molecule has 5 nitrogen and oxygen atoms in total. The molecule has 0 saturated carbocycles. The number of aromatic hydroxyl groups is 1. The van der Waals surface area contributed by atoms with Gasteiger partial charge in [0.25, 0.3) is 0 Å². The van der Waals surface area contributed by atoms with E-state index in [1.807, 2.05) is 0 Å². The Morgan fingerprint density at radius 2 is 1.90 bits per heavy atom. The first kappa shape index (κ1) is 16.3. The fourth-order valence-electron chi connectivity index (χ4n) is 1.99.